The molecule has 0 aliphatic carbocycles. The molecule has 0 saturated heterocycles. The van der Waals surface area contributed by atoms with E-state index in [1.54, 1.807) is 0 Å². The lowest BCUT2D eigenvalue weighted by Crippen LogP contribution is -2.29. The van der Waals surface area contributed by atoms with Crippen LogP contribution in [0.1, 0.15) is 24.5 Å². The van der Waals surface area contributed by atoms with Gasteiger partial charge in [0, 0.05) is 31.1 Å². The van der Waals surface area contributed by atoms with Crippen LogP contribution in [-0.4, -0.2) is 22.6 Å². The van der Waals surface area contributed by atoms with Gasteiger partial charge in [-0.05, 0) is 35.4 Å². The molecule has 2 aromatic carbocycles. The van der Waals surface area contributed by atoms with Crippen molar-refractivity contribution in [1.82, 2.24) is 9.88 Å². The second kappa shape index (κ2) is 7.04. The van der Waals surface area contributed by atoms with E-state index in [1.807, 2.05) is 60.5 Å². The number of ether oxygens (including phenoxy) is 2. The predicted molar refractivity (Wildman–Crippen MR) is 98.9 cm³/mol. The lowest BCUT2D eigenvalue weighted by Gasteiger charge is -2.22. The number of benzene rings is 2. The lowest BCUT2D eigenvalue weighted by atomic mass is 10.1. The summed E-state index contributed by atoms with van der Waals surface area (Å²) >= 11 is 0. The Morgan fingerprint density at radius 3 is 2.73 bits per heavy atom. The number of fused-ring (bicyclic) bond motifs is 2. The van der Waals surface area contributed by atoms with Gasteiger partial charge in [-0.2, -0.15) is 0 Å². The molecule has 0 N–H and O–H groups in total. The number of carbonyl (C=O) groups is 1. The summed E-state index contributed by atoms with van der Waals surface area (Å²) in [6, 6.07) is 15.9. The minimum Gasteiger partial charge on any atom is -0.454 e. The van der Waals surface area contributed by atoms with Gasteiger partial charge in [-0.15, -0.1) is 0 Å². The fourth-order valence-corrected chi connectivity index (χ4v) is 3.14. The maximum absolute atomic E-state index is 12.5. The largest absolute Gasteiger partial charge is 0.454 e. The summed E-state index contributed by atoms with van der Waals surface area (Å²) in [6.45, 7) is 3.18. The van der Waals surface area contributed by atoms with Gasteiger partial charge >= 0.3 is 0 Å². The third kappa shape index (κ3) is 3.33. The van der Waals surface area contributed by atoms with Gasteiger partial charge < -0.3 is 14.4 Å². The van der Waals surface area contributed by atoms with Crippen molar-refractivity contribution in [3.05, 3.63) is 65.9 Å². The number of aromatic nitrogens is 1. The highest BCUT2D eigenvalue weighted by atomic mass is 16.7. The fraction of sp³-hybridized carbons (Fsp3) is 0.238. The number of rotatable bonds is 5. The van der Waals surface area contributed by atoms with Crippen LogP contribution >= 0.6 is 0 Å². The molecule has 5 nitrogen and oxygen atoms in total. The summed E-state index contributed by atoms with van der Waals surface area (Å²) in [6.07, 6.45) is 2.31. The molecule has 2 heterocycles. The molecular weight excluding hydrogens is 328 g/mol. The number of carbonyl (C=O) groups excluding carboxylic acids is 1. The van der Waals surface area contributed by atoms with Crippen molar-refractivity contribution in [3.8, 4) is 11.5 Å². The van der Waals surface area contributed by atoms with Gasteiger partial charge in [-0.1, -0.05) is 31.2 Å². The molecule has 1 aliphatic rings. The van der Waals surface area contributed by atoms with Crippen molar-refractivity contribution in [2.75, 3.05) is 6.79 Å². The standard InChI is InChI=1S/C21H20N2O3/c1-2-21(24)23(12-15-7-8-19-20(10-15)26-14-25-19)13-16-9-17-5-3-4-6-18(17)22-11-16/h3-11H,2,12-14H2,1H3. The molecule has 132 valence electrons. The van der Waals surface area contributed by atoms with Crippen LogP contribution in [0.3, 0.4) is 0 Å². The first-order chi connectivity index (χ1) is 12.7. The van der Waals surface area contributed by atoms with Crippen molar-refractivity contribution >= 4 is 16.8 Å². The van der Waals surface area contributed by atoms with Gasteiger partial charge in [0.2, 0.25) is 12.7 Å². The highest BCUT2D eigenvalue weighted by Crippen LogP contribution is 2.33. The van der Waals surface area contributed by atoms with Crippen molar-refractivity contribution in [2.24, 2.45) is 0 Å². The van der Waals surface area contributed by atoms with Crippen LogP contribution in [0.5, 0.6) is 11.5 Å². The molecule has 1 aromatic heterocycles. The van der Waals surface area contributed by atoms with E-state index in [1.165, 1.54) is 0 Å². The maximum Gasteiger partial charge on any atom is 0.231 e. The number of para-hydroxylation sites is 1. The minimum atomic E-state index is 0.107. The molecule has 4 rings (SSSR count). The Labute approximate surface area is 152 Å². The van der Waals surface area contributed by atoms with E-state index in [9.17, 15) is 4.79 Å². The molecule has 0 fully saturated rings. The Morgan fingerprint density at radius 2 is 1.85 bits per heavy atom. The van der Waals surface area contributed by atoms with Gasteiger partial charge in [0.05, 0.1) is 5.52 Å². The number of pyridine rings is 1. The van der Waals surface area contributed by atoms with Crippen molar-refractivity contribution < 1.29 is 14.3 Å². The Balaban J connectivity index is 1.57. The number of hydrogen-bond donors (Lipinski definition) is 0. The monoisotopic (exact) mass is 348 g/mol. The second-order valence-corrected chi connectivity index (χ2v) is 6.33. The highest BCUT2D eigenvalue weighted by Gasteiger charge is 2.17. The molecule has 0 saturated carbocycles. The fourth-order valence-electron chi connectivity index (χ4n) is 3.14. The zero-order chi connectivity index (χ0) is 17.9. The Kier molecular flexibility index (Phi) is 4.44. The number of amides is 1. The molecular formula is C21H20N2O3. The van der Waals surface area contributed by atoms with Crippen LogP contribution in [0.25, 0.3) is 10.9 Å². The molecule has 0 atom stereocenters. The minimum absolute atomic E-state index is 0.107. The zero-order valence-electron chi connectivity index (χ0n) is 14.6. The van der Waals surface area contributed by atoms with E-state index in [0.717, 1.165) is 33.5 Å². The molecule has 3 aromatic rings. The van der Waals surface area contributed by atoms with Crippen LogP contribution in [0, 0.1) is 0 Å². The summed E-state index contributed by atoms with van der Waals surface area (Å²) in [4.78, 5) is 18.8. The molecule has 5 heteroatoms. The van der Waals surface area contributed by atoms with E-state index < -0.39 is 0 Å². The average molecular weight is 348 g/mol. The van der Waals surface area contributed by atoms with Crippen LogP contribution in [0.4, 0.5) is 0 Å². The average Bonchev–Trinajstić information content (AvgIpc) is 3.14. The SMILES string of the molecule is CCC(=O)N(Cc1ccc2c(c1)OCO2)Cc1cnc2ccccc2c1. The van der Waals surface area contributed by atoms with Gasteiger partial charge in [0.25, 0.3) is 0 Å². The summed E-state index contributed by atoms with van der Waals surface area (Å²) < 4.78 is 10.8. The zero-order valence-corrected chi connectivity index (χ0v) is 14.6. The smallest absolute Gasteiger partial charge is 0.231 e. The summed E-state index contributed by atoms with van der Waals surface area (Å²) in [7, 11) is 0. The molecule has 0 spiro atoms. The van der Waals surface area contributed by atoms with Crippen LogP contribution < -0.4 is 9.47 Å². The second-order valence-electron chi connectivity index (χ2n) is 6.33. The van der Waals surface area contributed by atoms with Gasteiger partial charge in [-0.3, -0.25) is 9.78 Å². The first kappa shape index (κ1) is 16.4. The Morgan fingerprint density at radius 1 is 1.04 bits per heavy atom. The van der Waals surface area contributed by atoms with Crippen LogP contribution in [-0.2, 0) is 17.9 Å². The van der Waals surface area contributed by atoms with Crippen molar-refractivity contribution in [2.45, 2.75) is 26.4 Å². The summed E-state index contributed by atoms with van der Waals surface area (Å²) in [5, 5.41) is 1.08. The molecule has 0 bridgehead atoms. The molecule has 26 heavy (non-hydrogen) atoms. The van der Waals surface area contributed by atoms with E-state index >= 15 is 0 Å². The maximum atomic E-state index is 12.5. The third-order valence-corrected chi connectivity index (χ3v) is 4.49. The molecule has 1 aliphatic heterocycles. The van der Waals surface area contributed by atoms with Gasteiger partial charge in [0.1, 0.15) is 0 Å². The molecule has 0 radical (unpaired) electrons. The third-order valence-electron chi connectivity index (χ3n) is 4.49. The van der Waals surface area contributed by atoms with Crippen molar-refractivity contribution in [3.63, 3.8) is 0 Å². The van der Waals surface area contributed by atoms with Gasteiger partial charge in [-0.25, -0.2) is 0 Å². The highest BCUT2D eigenvalue weighted by molar-refractivity contribution is 5.79. The quantitative estimate of drug-likeness (QED) is 0.702. The first-order valence-electron chi connectivity index (χ1n) is 8.73. The Hall–Kier alpha value is -3.08. The molecule has 0 unspecified atom stereocenters. The van der Waals surface area contributed by atoms with Gasteiger partial charge in [0.15, 0.2) is 11.5 Å². The lowest BCUT2D eigenvalue weighted by molar-refractivity contribution is -0.132. The van der Waals surface area contributed by atoms with E-state index in [2.05, 4.69) is 11.1 Å². The normalized spacial score (nSPS) is 12.3. The summed E-state index contributed by atoms with van der Waals surface area (Å²) in [5.74, 6) is 1.59. The van der Waals surface area contributed by atoms with Crippen LogP contribution in [0.2, 0.25) is 0 Å². The van der Waals surface area contributed by atoms with E-state index in [-0.39, 0.29) is 12.7 Å². The Bertz CT molecular complexity index is 955. The van der Waals surface area contributed by atoms with Crippen LogP contribution in [0.15, 0.2) is 54.7 Å². The predicted octanol–water partition coefficient (Wildman–Crippen LogP) is 3.90. The molecule has 1 amide bonds. The first-order valence-corrected chi connectivity index (χ1v) is 8.73. The topological polar surface area (TPSA) is 51.7 Å². The van der Waals surface area contributed by atoms with E-state index in [4.69, 9.17) is 9.47 Å². The van der Waals surface area contributed by atoms with Crippen molar-refractivity contribution in [1.29, 1.82) is 0 Å². The van der Waals surface area contributed by atoms with E-state index in [0.29, 0.717) is 19.5 Å². The number of nitrogens with zero attached hydrogens (tertiary/aromatic N) is 2. The summed E-state index contributed by atoms with van der Waals surface area (Å²) in [5.41, 5.74) is 3.00. The number of hydrogen-bond acceptors (Lipinski definition) is 4.